The Hall–Kier alpha value is -3.48. The average molecular weight is 421 g/mol. The van der Waals surface area contributed by atoms with Crippen LogP contribution in [0, 0.1) is 6.92 Å². The summed E-state index contributed by atoms with van der Waals surface area (Å²) in [4.78, 5) is 36.9. The van der Waals surface area contributed by atoms with Crippen molar-refractivity contribution in [3.8, 4) is 0 Å². The summed E-state index contributed by atoms with van der Waals surface area (Å²) in [5, 5.41) is 7.66. The third-order valence-electron chi connectivity index (χ3n) is 4.87. The number of amides is 1. The van der Waals surface area contributed by atoms with E-state index in [0.717, 1.165) is 11.1 Å². The van der Waals surface area contributed by atoms with Crippen LogP contribution in [0.25, 0.3) is 10.9 Å². The molecule has 0 aliphatic carbocycles. The van der Waals surface area contributed by atoms with Gasteiger partial charge in [-0.3, -0.25) is 19.1 Å². The Morgan fingerprint density at radius 3 is 2.52 bits per heavy atom. The highest BCUT2D eigenvalue weighted by Gasteiger charge is 2.20. The molecule has 7 heteroatoms. The normalized spacial score (nSPS) is 12.0. The fourth-order valence-corrected chi connectivity index (χ4v) is 3.34. The zero-order valence-corrected chi connectivity index (χ0v) is 18.0. The summed E-state index contributed by atoms with van der Waals surface area (Å²) >= 11 is 0. The van der Waals surface area contributed by atoms with Gasteiger partial charge in [0.05, 0.1) is 36.8 Å². The van der Waals surface area contributed by atoms with E-state index in [1.54, 1.807) is 36.7 Å². The van der Waals surface area contributed by atoms with E-state index in [-0.39, 0.29) is 36.3 Å². The van der Waals surface area contributed by atoms with Crippen molar-refractivity contribution in [3.05, 3.63) is 76.1 Å². The standard InChI is InChI=1S/C24H27N3O4/c1-16(2)31-24(30)14-20(18-10-8-17(3)9-11-18)26-23(29)12-13-27-21-7-5-4-6-19(21)22(28)15-25-27/h4-11,15-16,20H,12-14H2,1-3H3,(H,26,29)/t20-/m0/s1. The number of carbonyl (C=O) groups excluding carboxylic acids is 2. The zero-order valence-electron chi connectivity index (χ0n) is 18.0. The molecule has 7 nitrogen and oxygen atoms in total. The molecule has 0 saturated carbocycles. The summed E-state index contributed by atoms with van der Waals surface area (Å²) in [6, 6.07) is 14.4. The fraction of sp³-hybridized carbons (Fsp3) is 0.333. The Labute approximate surface area is 181 Å². The first-order valence-corrected chi connectivity index (χ1v) is 10.3. The Bertz CT molecular complexity index is 1120. The largest absolute Gasteiger partial charge is 0.463 e. The average Bonchev–Trinajstić information content (AvgIpc) is 2.73. The number of aryl methyl sites for hydroxylation is 2. The number of aromatic nitrogens is 2. The van der Waals surface area contributed by atoms with Gasteiger partial charge < -0.3 is 10.1 Å². The monoisotopic (exact) mass is 421 g/mol. The first-order chi connectivity index (χ1) is 14.8. The zero-order chi connectivity index (χ0) is 22.4. The number of hydrogen-bond acceptors (Lipinski definition) is 5. The molecular weight excluding hydrogens is 394 g/mol. The van der Waals surface area contributed by atoms with Crippen LogP contribution in [0.1, 0.15) is 43.9 Å². The Kier molecular flexibility index (Phi) is 7.18. The van der Waals surface area contributed by atoms with Gasteiger partial charge in [0.25, 0.3) is 0 Å². The van der Waals surface area contributed by atoms with E-state index in [0.29, 0.717) is 17.4 Å². The van der Waals surface area contributed by atoms with Gasteiger partial charge in [0.2, 0.25) is 11.3 Å². The third kappa shape index (κ3) is 6.01. The number of carbonyl (C=O) groups is 2. The molecule has 1 heterocycles. The lowest BCUT2D eigenvalue weighted by atomic mass is 10.0. The second-order valence-corrected chi connectivity index (χ2v) is 7.77. The van der Waals surface area contributed by atoms with Gasteiger partial charge in [-0.2, -0.15) is 5.10 Å². The molecule has 1 N–H and O–H groups in total. The lowest BCUT2D eigenvalue weighted by molar-refractivity contribution is -0.148. The molecule has 162 valence electrons. The SMILES string of the molecule is Cc1ccc([C@H](CC(=O)OC(C)C)NC(=O)CCn2ncc(=O)c3ccccc32)cc1. The molecule has 0 saturated heterocycles. The molecule has 3 aromatic rings. The molecule has 31 heavy (non-hydrogen) atoms. The number of fused-ring (bicyclic) bond motifs is 1. The molecule has 0 unspecified atom stereocenters. The predicted octanol–water partition coefficient (Wildman–Crippen LogP) is 3.29. The Morgan fingerprint density at radius 1 is 1.10 bits per heavy atom. The first kappa shape index (κ1) is 22.2. The molecule has 0 aliphatic rings. The summed E-state index contributed by atoms with van der Waals surface area (Å²) < 4.78 is 6.91. The molecular formula is C24H27N3O4. The van der Waals surface area contributed by atoms with Crippen LogP contribution < -0.4 is 10.7 Å². The van der Waals surface area contributed by atoms with Crippen LogP contribution in [-0.2, 0) is 20.9 Å². The highest BCUT2D eigenvalue weighted by Crippen LogP contribution is 2.19. The number of ether oxygens (including phenoxy) is 1. The number of para-hydroxylation sites is 1. The van der Waals surface area contributed by atoms with E-state index < -0.39 is 6.04 Å². The van der Waals surface area contributed by atoms with Crippen molar-refractivity contribution < 1.29 is 14.3 Å². The summed E-state index contributed by atoms with van der Waals surface area (Å²) in [7, 11) is 0. The molecule has 0 spiro atoms. The number of benzene rings is 2. The van der Waals surface area contributed by atoms with Crippen molar-refractivity contribution in [2.75, 3.05) is 0 Å². The highest BCUT2D eigenvalue weighted by molar-refractivity contribution is 5.80. The van der Waals surface area contributed by atoms with Gasteiger partial charge in [0.15, 0.2) is 0 Å². The Morgan fingerprint density at radius 2 is 1.81 bits per heavy atom. The summed E-state index contributed by atoms with van der Waals surface area (Å²) in [6.07, 6.45) is 1.24. The smallest absolute Gasteiger partial charge is 0.308 e. The summed E-state index contributed by atoms with van der Waals surface area (Å²) in [5.41, 5.74) is 2.46. The van der Waals surface area contributed by atoms with E-state index >= 15 is 0 Å². The Balaban J connectivity index is 1.71. The molecule has 0 fully saturated rings. The molecule has 1 aromatic heterocycles. The first-order valence-electron chi connectivity index (χ1n) is 10.3. The quantitative estimate of drug-likeness (QED) is 0.564. The number of hydrogen-bond donors (Lipinski definition) is 1. The molecule has 0 bridgehead atoms. The van der Waals surface area contributed by atoms with E-state index in [1.807, 2.05) is 37.3 Å². The molecule has 1 amide bonds. The van der Waals surface area contributed by atoms with Gasteiger partial charge in [0, 0.05) is 11.8 Å². The van der Waals surface area contributed by atoms with Crippen molar-refractivity contribution in [1.82, 2.24) is 15.1 Å². The summed E-state index contributed by atoms with van der Waals surface area (Å²) in [5.74, 6) is -0.582. The van der Waals surface area contributed by atoms with Crippen molar-refractivity contribution in [2.24, 2.45) is 0 Å². The number of nitrogens with zero attached hydrogens (tertiary/aromatic N) is 2. The molecule has 1 atom stereocenters. The van der Waals surface area contributed by atoms with Gasteiger partial charge in [-0.25, -0.2) is 0 Å². The predicted molar refractivity (Wildman–Crippen MR) is 119 cm³/mol. The van der Waals surface area contributed by atoms with Crippen LogP contribution in [-0.4, -0.2) is 27.8 Å². The lowest BCUT2D eigenvalue weighted by Gasteiger charge is -2.20. The van der Waals surface area contributed by atoms with Crippen molar-refractivity contribution in [3.63, 3.8) is 0 Å². The van der Waals surface area contributed by atoms with Crippen molar-refractivity contribution in [1.29, 1.82) is 0 Å². The van der Waals surface area contributed by atoms with Crippen LogP contribution in [0.15, 0.2) is 59.5 Å². The van der Waals surface area contributed by atoms with Crippen LogP contribution in [0.2, 0.25) is 0 Å². The summed E-state index contributed by atoms with van der Waals surface area (Å²) in [6.45, 7) is 5.87. The van der Waals surface area contributed by atoms with Gasteiger partial charge >= 0.3 is 5.97 Å². The molecule has 2 aromatic carbocycles. The van der Waals surface area contributed by atoms with E-state index in [4.69, 9.17) is 4.74 Å². The van der Waals surface area contributed by atoms with Crippen LogP contribution >= 0.6 is 0 Å². The van der Waals surface area contributed by atoms with E-state index in [9.17, 15) is 14.4 Å². The highest BCUT2D eigenvalue weighted by atomic mass is 16.5. The lowest BCUT2D eigenvalue weighted by Crippen LogP contribution is -2.32. The molecule has 0 aliphatic heterocycles. The van der Waals surface area contributed by atoms with Crippen molar-refractivity contribution in [2.45, 2.75) is 52.3 Å². The maximum absolute atomic E-state index is 12.7. The minimum Gasteiger partial charge on any atom is -0.463 e. The van der Waals surface area contributed by atoms with Crippen molar-refractivity contribution >= 4 is 22.8 Å². The second-order valence-electron chi connectivity index (χ2n) is 7.77. The van der Waals surface area contributed by atoms with E-state index in [2.05, 4.69) is 10.4 Å². The van der Waals surface area contributed by atoms with Gasteiger partial charge in [-0.15, -0.1) is 0 Å². The minimum atomic E-state index is -0.488. The minimum absolute atomic E-state index is 0.0478. The maximum atomic E-state index is 12.7. The molecule has 0 radical (unpaired) electrons. The third-order valence-corrected chi connectivity index (χ3v) is 4.87. The second kappa shape index (κ2) is 10.0. The topological polar surface area (TPSA) is 90.3 Å². The maximum Gasteiger partial charge on any atom is 0.308 e. The van der Waals surface area contributed by atoms with Gasteiger partial charge in [-0.1, -0.05) is 42.0 Å². The van der Waals surface area contributed by atoms with E-state index in [1.165, 1.54) is 6.20 Å². The van der Waals surface area contributed by atoms with Gasteiger partial charge in [0.1, 0.15) is 0 Å². The van der Waals surface area contributed by atoms with Crippen LogP contribution in [0.3, 0.4) is 0 Å². The number of rotatable bonds is 8. The number of esters is 1. The fourth-order valence-electron chi connectivity index (χ4n) is 3.34. The molecule has 3 rings (SSSR count). The number of nitrogens with one attached hydrogen (secondary N) is 1. The van der Waals surface area contributed by atoms with Crippen LogP contribution in [0.4, 0.5) is 0 Å². The van der Waals surface area contributed by atoms with Gasteiger partial charge in [-0.05, 0) is 38.5 Å². The van der Waals surface area contributed by atoms with Crippen LogP contribution in [0.5, 0.6) is 0 Å².